The zero-order valence-corrected chi connectivity index (χ0v) is 20.0. The van der Waals surface area contributed by atoms with Crippen molar-refractivity contribution in [3.05, 3.63) is 70.8 Å². The number of hydrogen-bond acceptors (Lipinski definition) is 7. The van der Waals surface area contributed by atoms with Gasteiger partial charge in [-0.3, -0.25) is 14.3 Å². The first-order valence-corrected chi connectivity index (χ1v) is 10.1. The van der Waals surface area contributed by atoms with Crippen molar-refractivity contribution in [3.63, 3.8) is 0 Å². The van der Waals surface area contributed by atoms with Gasteiger partial charge in [-0.1, -0.05) is 30.3 Å². The number of rotatable bonds is 6. The second-order valence-electron chi connectivity index (χ2n) is 6.83. The maximum Gasteiger partial charge on any atom is 2.00 e. The first kappa shape index (κ1) is 29.5. The fourth-order valence-electron chi connectivity index (χ4n) is 3.00. The topological polar surface area (TPSA) is 131 Å². The number of aryl methyl sites for hydroxylation is 4. The molecular weight excluding hydrogens is 497 g/mol. The SMILES string of the molecule is Cc1cc(C)n(CN(Cc2ccccc2)Cn2nc(C)cc2C)n1.[Cl-].[Cu+2].[O-][Cl+3]([O-])([O-])[O-]. The Kier molecular flexibility index (Phi) is 12.5. The van der Waals surface area contributed by atoms with Crippen molar-refractivity contribution in [1.82, 2.24) is 24.5 Å². The van der Waals surface area contributed by atoms with Crippen LogP contribution in [0, 0.1) is 37.9 Å². The predicted octanol–water partition coefficient (Wildman–Crippen LogP) is -4.32. The minimum atomic E-state index is -4.94. The van der Waals surface area contributed by atoms with Gasteiger partial charge in [-0.25, -0.2) is 18.6 Å². The smallest absolute Gasteiger partial charge is 1.00 e. The summed E-state index contributed by atoms with van der Waals surface area (Å²) >= 11 is 0. The Morgan fingerprint density at radius 1 is 0.806 bits per heavy atom. The molecule has 0 atom stereocenters. The molecule has 0 saturated heterocycles. The average molecular weight is 522 g/mol. The largest absolute Gasteiger partial charge is 2.00 e. The van der Waals surface area contributed by atoms with Crippen LogP contribution >= 0.6 is 0 Å². The molecule has 0 saturated carbocycles. The summed E-state index contributed by atoms with van der Waals surface area (Å²) in [4.78, 5) is 2.36. The molecule has 0 amide bonds. The molecule has 0 aliphatic rings. The maximum absolute atomic E-state index is 8.49. The van der Waals surface area contributed by atoms with Gasteiger partial charge < -0.3 is 12.4 Å². The van der Waals surface area contributed by atoms with Crippen LogP contribution in [-0.2, 0) is 37.0 Å². The zero-order valence-electron chi connectivity index (χ0n) is 17.6. The first-order valence-electron chi connectivity index (χ1n) is 8.91. The fraction of sp³-hybridized carbons (Fsp3) is 0.368. The second kappa shape index (κ2) is 13.2. The predicted molar refractivity (Wildman–Crippen MR) is 95.4 cm³/mol. The van der Waals surface area contributed by atoms with Crippen LogP contribution < -0.4 is 31.0 Å². The van der Waals surface area contributed by atoms with Crippen LogP contribution in [0.2, 0.25) is 0 Å². The van der Waals surface area contributed by atoms with E-state index in [9.17, 15) is 0 Å². The van der Waals surface area contributed by atoms with Crippen LogP contribution in [0.5, 0.6) is 0 Å². The van der Waals surface area contributed by atoms with Gasteiger partial charge in [0.15, 0.2) is 0 Å². The number of hydrogen-bond donors (Lipinski definition) is 0. The molecule has 3 aromatic rings. The summed E-state index contributed by atoms with van der Waals surface area (Å²) in [5.41, 5.74) is 5.76. The van der Waals surface area contributed by atoms with E-state index in [1.54, 1.807) is 0 Å². The van der Waals surface area contributed by atoms with Gasteiger partial charge in [0.2, 0.25) is 0 Å². The standard InChI is InChI=1S/C19H25N5.ClHO4.ClH.Cu/c1-15-10-17(3)23(20-15)13-22(12-19-8-6-5-7-9-19)14-24-18(4)11-16(2)21-24;2-1(3,4)5;;/h5-11H,12-14H2,1-4H3;(H,2,3,4,5);1H;/q;;;+2/p-2. The van der Waals surface area contributed by atoms with E-state index in [1.165, 1.54) is 17.0 Å². The van der Waals surface area contributed by atoms with Gasteiger partial charge in [0, 0.05) is 17.9 Å². The van der Waals surface area contributed by atoms with Gasteiger partial charge in [-0.15, -0.1) is 10.2 Å². The van der Waals surface area contributed by atoms with E-state index < -0.39 is 10.2 Å². The van der Waals surface area contributed by atoms with Gasteiger partial charge in [-0.05, 0) is 45.4 Å². The van der Waals surface area contributed by atoms with E-state index in [0.717, 1.165) is 31.3 Å². The van der Waals surface area contributed by atoms with Crippen LogP contribution in [0.15, 0.2) is 42.5 Å². The van der Waals surface area contributed by atoms with E-state index in [4.69, 9.17) is 18.6 Å². The molecule has 9 nitrogen and oxygen atoms in total. The van der Waals surface area contributed by atoms with E-state index in [2.05, 4.69) is 80.8 Å². The third-order valence-corrected chi connectivity index (χ3v) is 4.12. The molecule has 1 radical (unpaired) electrons. The quantitative estimate of drug-likeness (QED) is 0.300. The molecule has 31 heavy (non-hydrogen) atoms. The summed E-state index contributed by atoms with van der Waals surface area (Å²) in [6.07, 6.45) is 0. The van der Waals surface area contributed by atoms with Gasteiger partial charge in [0.05, 0.1) is 24.7 Å². The van der Waals surface area contributed by atoms with Crippen LogP contribution in [0.4, 0.5) is 0 Å². The number of aromatic nitrogens is 4. The molecule has 0 spiro atoms. The Bertz CT molecular complexity index is 862. The fourth-order valence-corrected chi connectivity index (χ4v) is 3.00. The van der Waals surface area contributed by atoms with E-state index in [0.29, 0.717) is 0 Å². The molecule has 175 valence electrons. The summed E-state index contributed by atoms with van der Waals surface area (Å²) in [6, 6.07) is 14.8. The van der Waals surface area contributed by atoms with E-state index in [-0.39, 0.29) is 29.5 Å². The van der Waals surface area contributed by atoms with Crippen LogP contribution in [0.25, 0.3) is 0 Å². The monoisotopic (exact) mass is 520 g/mol. The second-order valence-corrected chi connectivity index (χ2v) is 7.58. The molecule has 0 unspecified atom stereocenters. The average Bonchev–Trinajstić information content (AvgIpc) is 3.07. The Labute approximate surface area is 200 Å². The molecule has 0 N–H and O–H groups in total. The summed E-state index contributed by atoms with van der Waals surface area (Å²) in [5, 5.41) is 9.21. The molecule has 2 heterocycles. The van der Waals surface area contributed by atoms with Gasteiger partial charge in [-0.2, -0.15) is 10.2 Å². The minimum Gasteiger partial charge on any atom is -1.00 e. The van der Waals surface area contributed by atoms with Crippen LogP contribution in [0.3, 0.4) is 0 Å². The third kappa shape index (κ3) is 11.1. The van der Waals surface area contributed by atoms with Crippen molar-refractivity contribution >= 4 is 0 Å². The molecule has 0 bridgehead atoms. The normalized spacial score (nSPS) is 10.7. The Morgan fingerprint density at radius 3 is 1.52 bits per heavy atom. The molecule has 0 aliphatic carbocycles. The molecule has 0 aliphatic heterocycles. The van der Waals surface area contributed by atoms with E-state index >= 15 is 0 Å². The molecule has 1 aromatic carbocycles. The van der Waals surface area contributed by atoms with Gasteiger partial charge in [0.1, 0.15) is 0 Å². The van der Waals surface area contributed by atoms with Crippen molar-refractivity contribution < 1.29 is 58.4 Å². The Balaban J connectivity index is 0.00000116. The number of halogens is 2. The van der Waals surface area contributed by atoms with E-state index in [1.807, 2.05) is 13.8 Å². The van der Waals surface area contributed by atoms with Crippen molar-refractivity contribution in [2.75, 3.05) is 0 Å². The summed E-state index contributed by atoms with van der Waals surface area (Å²) in [5.74, 6) is 0. The molecule has 12 heteroatoms. The van der Waals surface area contributed by atoms with Crippen molar-refractivity contribution in [3.8, 4) is 0 Å². The van der Waals surface area contributed by atoms with Crippen molar-refractivity contribution in [1.29, 1.82) is 0 Å². The van der Waals surface area contributed by atoms with Crippen LogP contribution in [-0.4, -0.2) is 24.5 Å². The van der Waals surface area contributed by atoms with Crippen molar-refractivity contribution in [2.45, 2.75) is 47.6 Å². The summed E-state index contributed by atoms with van der Waals surface area (Å²) in [6.45, 7) is 10.6. The van der Waals surface area contributed by atoms with Gasteiger partial charge >= 0.3 is 17.1 Å². The summed E-state index contributed by atoms with van der Waals surface area (Å²) < 4.78 is 38.1. The number of benzene rings is 1. The minimum absolute atomic E-state index is 0. The zero-order chi connectivity index (χ0) is 21.6. The Morgan fingerprint density at radius 2 is 1.19 bits per heavy atom. The van der Waals surface area contributed by atoms with Gasteiger partial charge in [0.25, 0.3) is 0 Å². The number of nitrogens with zero attached hydrogens (tertiary/aromatic N) is 5. The summed E-state index contributed by atoms with van der Waals surface area (Å²) in [7, 11) is -4.94. The molecule has 0 fully saturated rings. The first-order chi connectivity index (χ1) is 13.5. The Hall–Kier alpha value is -1.46. The van der Waals surface area contributed by atoms with Crippen molar-refractivity contribution in [2.24, 2.45) is 0 Å². The van der Waals surface area contributed by atoms with Crippen LogP contribution in [0.1, 0.15) is 28.3 Å². The molecule has 3 rings (SSSR count). The third-order valence-electron chi connectivity index (χ3n) is 4.12. The molecular formula is C19H25Cl2CuN5O4. The molecule has 2 aromatic heterocycles. The maximum atomic E-state index is 8.49.